The van der Waals surface area contributed by atoms with Crippen molar-refractivity contribution >= 4 is 16.7 Å². The smallest absolute Gasteiger partial charge is 0.251 e. The van der Waals surface area contributed by atoms with Crippen molar-refractivity contribution in [1.82, 2.24) is 5.32 Å². The lowest BCUT2D eigenvalue weighted by Crippen LogP contribution is -2.27. The molecule has 0 saturated carbocycles. The monoisotopic (exact) mass is 315 g/mol. The van der Waals surface area contributed by atoms with E-state index >= 15 is 0 Å². The van der Waals surface area contributed by atoms with Gasteiger partial charge in [-0.05, 0) is 29.2 Å². The molecular formula is C18H21NO2S. The Morgan fingerprint density at radius 1 is 1.14 bits per heavy atom. The highest BCUT2D eigenvalue weighted by molar-refractivity contribution is 7.83. The molecule has 0 heterocycles. The SMILES string of the molecule is CC(CNC(=O)c1cccc(CS(C)=O)c1)c1ccccc1. The van der Waals surface area contributed by atoms with Crippen LogP contribution in [0.5, 0.6) is 0 Å². The van der Waals surface area contributed by atoms with Crippen LogP contribution in [0.2, 0.25) is 0 Å². The van der Waals surface area contributed by atoms with Gasteiger partial charge in [0.05, 0.1) is 0 Å². The van der Waals surface area contributed by atoms with Crippen LogP contribution in [0.1, 0.15) is 34.3 Å². The molecule has 0 aromatic heterocycles. The van der Waals surface area contributed by atoms with Crippen molar-refractivity contribution < 1.29 is 9.00 Å². The van der Waals surface area contributed by atoms with Gasteiger partial charge >= 0.3 is 0 Å². The van der Waals surface area contributed by atoms with E-state index in [4.69, 9.17) is 0 Å². The van der Waals surface area contributed by atoms with Crippen LogP contribution in [0.4, 0.5) is 0 Å². The summed E-state index contributed by atoms with van der Waals surface area (Å²) in [7, 11) is -0.906. The van der Waals surface area contributed by atoms with E-state index in [0.29, 0.717) is 17.9 Å². The van der Waals surface area contributed by atoms with Gasteiger partial charge in [-0.2, -0.15) is 0 Å². The van der Waals surface area contributed by atoms with Crippen LogP contribution >= 0.6 is 0 Å². The fourth-order valence-corrected chi connectivity index (χ4v) is 2.93. The molecule has 0 aliphatic rings. The van der Waals surface area contributed by atoms with Gasteiger partial charge in [0, 0.05) is 34.9 Å². The van der Waals surface area contributed by atoms with Gasteiger partial charge in [0.1, 0.15) is 0 Å². The summed E-state index contributed by atoms with van der Waals surface area (Å²) in [4.78, 5) is 12.2. The molecule has 0 fully saturated rings. The molecule has 2 rings (SSSR count). The molecule has 0 saturated heterocycles. The number of hydrogen-bond donors (Lipinski definition) is 1. The van der Waals surface area contributed by atoms with Crippen LogP contribution in [0.15, 0.2) is 54.6 Å². The maximum absolute atomic E-state index is 12.2. The third-order valence-corrected chi connectivity index (χ3v) is 4.24. The number of carbonyl (C=O) groups is 1. The molecule has 0 aliphatic carbocycles. The molecule has 0 radical (unpaired) electrons. The first-order chi connectivity index (χ1) is 10.6. The maximum atomic E-state index is 12.2. The molecule has 4 heteroatoms. The van der Waals surface area contributed by atoms with Gasteiger partial charge in [0.25, 0.3) is 5.91 Å². The summed E-state index contributed by atoms with van der Waals surface area (Å²) in [6, 6.07) is 17.4. The number of hydrogen-bond acceptors (Lipinski definition) is 2. The van der Waals surface area contributed by atoms with E-state index in [-0.39, 0.29) is 11.8 Å². The zero-order valence-corrected chi connectivity index (χ0v) is 13.7. The van der Waals surface area contributed by atoms with E-state index in [2.05, 4.69) is 24.4 Å². The zero-order valence-electron chi connectivity index (χ0n) is 12.9. The normalized spacial score (nSPS) is 13.4. The summed E-state index contributed by atoms with van der Waals surface area (Å²) in [5.74, 6) is 0.643. The highest BCUT2D eigenvalue weighted by Crippen LogP contribution is 2.13. The van der Waals surface area contributed by atoms with Crippen LogP contribution in [0, 0.1) is 0 Å². The quantitative estimate of drug-likeness (QED) is 0.890. The van der Waals surface area contributed by atoms with Crippen molar-refractivity contribution in [2.24, 2.45) is 0 Å². The molecule has 0 bridgehead atoms. The lowest BCUT2D eigenvalue weighted by Gasteiger charge is -2.13. The van der Waals surface area contributed by atoms with Gasteiger partial charge in [0.2, 0.25) is 0 Å². The summed E-state index contributed by atoms with van der Waals surface area (Å²) in [5, 5.41) is 2.96. The minimum absolute atomic E-state index is 0.0912. The predicted octanol–water partition coefficient (Wildman–Crippen LogP) is 3.10. The predicted molar refractivity (Wildman–Crippen MR) is 91.4 cm³/mol. The van der Waals surface area contributed by atoms with Gasteiger partial charge in [-0.25, -0.2) is 0 Å². The van der Waals surface area contributed by atoms with E-state index in [1.54, 1.807) is 12.3 Å². The lowest BCUT2D eigenvalue weighted by atomic mass is 10.0. The number of nitrogens with one attached hydrogen (secondary N) is 1. The summed E-state index contributed by atoms with van der Waals surface area (Å²) < 4.78 is 11.3. The Morgan fingerprint density at radius 3 is 2.55 bits per heavy atom. The Bertz CT molecular complexity index is 655. The molecule has 0 aliphatic heterocycles. The Kier molecular flexibility index (Phi) is 5.90. The van der Waals surface area contributed by atoms with E-state index < -0.39 is 10.8 Å². The van der Waals surface area contributed by atoms with Crippen molar-refractivity contribution in [1.29, 1.82) is 0 Å². The van der Waals surface area contributed by atoms with Crippen molar-refractivity contribution in [2.75, 3.05) is 12.8 Å². The highest BCUT2D eigenvalue weighted by Gasteiger charge is 2.10. The summed E-state index contributed by atoms with van der Waals surface area (Å²) in [6.07, 6.45) is 1.66. The average Bonchev–Trinajstić information content (AvgIpc) is 2.52. The standard InChI is InChI=1S/C18H21NO2S/c1-14(16-8-4-3-5-9-16)12-19-18(20)17-10-6-7-15(11-17)13-22(2)21/h3-11,14H,12-13H2,1-2H3,(H,19,20). The first-order valence-electron chi connectivity index (χ1n) is 7.28. The van der Waals surface area contributed by atoms with Gasteiger partial charge in [-0.3, -0.25) is 9.00 Å². The third-order valence-electron chi connectivity index (χ3n) is 3.50. The Hall–Kier alpha value is -1.94. The number of benzene rings is 2. The lowest BCUT2D eigenvalue weighted by molar-refractivity contribution is 0.0951. The summed E-state index contributed by atoms with van der Waals surface area (Å²) >= 11 is 0. The molecule has 116 valence electrons. The van der Waals surface area contributed by atoms with Crippen molar-refractivity contribution in [3.63, 3.8) is 0 Å². The second-order valence-electron chi connectivity index (χ2n) is 5.44. The molecular weight excluding hydrogens is 294 g/mol. The molecule has 1 N–H and O–H groups in total. The van der Waals surface area contributed by atoms with Crippen LogP contribution in [0.3, 0.4) is 0 Å². The molecule has 2 aromatic carbocycles. The minimum Gasteiger partial charge on any atom is -0.351 e. The van der Waals surface area contributed by atoms with Crippen LogP contribution in [-0.4, -0.2) is 22.9 Å². The van der Waals surface area contributed by atoms with Gasteiger partial charge in [-0.1, -0.05) is 49.4 Å². The molecule has 1 amide bonds. The highest BCUT2D eigenvalue weighted by atomic mass is 32.2. The Balaban J connectivity index is 1.96. The fraction of sp³-hybridized carbons (Fsp3) is 0.278. The third kappa shape index (κ3) is 4.81. The molecule has 0 spiro atoms. The number of carbonyl (C=O) groups excluding carboxylic acids is 1. The van der Waals surface area contributed by atoms with E-state index in [9.17, 15) is 9.00 Å². The largest absolute Gasteiger partial charge is 0.351 e. The van der Waals surface area contributed by atoms with Crippen LogP contribution in [0.25, 0.3) is 0 Å². The fourth-order valence-electron chi connectivity index (χ4n) is 2.28. The molecule has 2 atom stereocenters. The van der Waals surface area contributed by atoms with Crippen molar-refractivity contribution in [2.45, 2.75) is 18.6 Å². The van der Waals surface area contributed by atoms with Crippen LogP contribution < -0.4 is 5.32 Å². The average molecular weight is 315 g/mol. The summed E-state index contributed by atoms with van der Waals surface area (Å²) in [5.41, 5.74) is 2.74. The van der Waals surface area contributed by atoms with E-state index in [1.807, 2.05) is 36.4 Å². The van der Waals surface area contributed by atoms with E-state index in [0.717, 1.165) is 5.56 Å². The molecule has 2 aromatic rings. The van der Waals surface area contributed by atoms with Gasteiger partial charge < -0.3 is 5.32 Å². The minimum atomic E-state index is -0.906. The number of amides is 1. The Morgan fingerprint density at radius 2 is 1.86 bits per heavy atom. The molecule has 22 heavy (non-hydrogen) atoms. The zero-order chi connectivity index (χ0) is 15.9. The first-order valence-corrected chi connectivity index (χ1v) is 9.01. The van der Waals surface area contributed by atoms with Gasteiger partial charge in [0.15, 0.2) is 0 Å². The van der Waals surface area contributed by atoms with E-state index in [1.165, 1.54) is 5.56 Å². The summed E-state index contributed by atoms with van der Waals surface area (Å²) in [6.45, 7) is 2.68. The number of rotatable bonds is 6. The molecule has 3 nitrogen and oxygen atoms in total. The van der Waals surface area contributed by atoms with Crippen LogP contribution in [-0.2, 0) is 16.6 Å². The van der Waals surface area contributed by atoms with Crippen molar-refractivity contribution in [3.05, 3.63) is 71.3 Å². The second-order valence-corrected chi connectivity index (χ2v) is 6.87. The van der Waals surface area contributed by atoms with Crippen molar-refractivity contribution in [3.8, 4) is 0 Å². The second kappa shape index (κ2) is 7.90. The van der Waals surface area contributed by atoms with Gasteiger partial charge in [-0.15, -0.1) is 0 Å². The Labute approximate surface area is 134 Å². The first kappa shape index (κ1) is 16.4. The topological polar surface area (TPSA) is 46.2 Å². The molecule has 2 unspecified atom stereocenters. The maximum Gasteiger partial charge on any atom is 0.251 e.